The van der Waals surface area contributed by atoms with Crippen LogP contribution in [0.15, 0.2) is 36.4 Å². The van der Waals surface area contributed by atoms with Crippen molar-refractivity contribution < 1.29 is 18.3 Å². The summed E-state index contributed by atoms with van der Waals surface area (Å²) in [7, 11) is 0. The predicted molar refractivity (Wildman–Crippen MR) is 79.6 cm³/mol. The fourth-order valence-electron chi connectivity index (χ4n) is 2.53. The summed E-state index contributed by atoms with van der Waals surface area (Å²) in [6.07, 6.45) is -4.47. The van der Waals surface area contributed by atoms with Crippen molar-refractivity contribution in [3.05, 3.63) is 42.1 Å². The lowest BCUT2D eigenvalue weighted by molar-refractivity contribution is -0.141. The van der Waals surface area contributed by atoms with Gasteiger partial charge in [0.05, 0.1) is 0 Å². The summed E-state index contributed by atoms with van der Waals surface area (Å²) in [5, 5.41) is 16.4. The van der Waals surface area contributed by atoms with E-state index in [4.69, 9.17) is 0 Å². The van der Waals surface area contributed by atoms with Gasteiger partial charge in [-0.15, -0.1) is 10.2 Å². The van der Waals surface area contributed by atoms with Crippen LogP contribution in [0.4, 0.5) is 24.7 Å². The molecule has 1 aromatic carbocycles. The average molecular weight is 324 g/mol. The highest BCUT2D eigenvalue weighted by molar-refractivity contribution is 5.52. The van der Waals surface area contributed by atoms with E-state index >= 15 is 0 Å². The van der Waals surface area contributed by atoms with Gasteiger partial charge in [0, 0.05) is 37.9 Å². The summed E-state index contributed by atoms with van der Waals surface area (Å²) in [6, 6.07) is 9.28. The molecule has 5 nitrogen and oxygen atoms in total. The number of benzene rings is 1. The summed E-state index contributed by atoms with van der Waals surface area (Å²) in [6.45, 7) is 2.61. The molecule has 2 aromatic rings. The number of hydrogen-bond donors (Lipinski definition) is 1. The maximum absolute atomic E-state index is 12.5. The molecule has 1 aromatic heterocycles. The van der Waals surface area contributed by atoms with E-state index in [0.29, 0.717) is 32.0 Å². The first-order valence-electron chi connectivity index (χ1n) is 7.13. The van der Waals surface area contributed by atoms with Crippen molar-refractivity contribution in [3.63, 3.8) is 0 Å². The largest absolute Gasteiger partial charge is 0.508 e. The van der Waals surface area contributed by atoms with Crippen molar-refractivity contribution in [2.24, 2.45) is 0 Å². The van der Waals surface area contributed by atoms with Crippen LogP contribution in [-0.2, 0) is 6.18 Å². The lowest BCUT2D eigenvalue weighted by Gasteiger charge is -2.36. The summed E-state index contributed by atoms with van der Waals surface area (Å²) in [5.41, 5.74) is -0.0669. The van der Waals surface area contributed by atoms with Gasteiger partial charge in [0.1, 0.15) is 5.75 Å². The van der Waals surface area contributed by atoms with E-state index in [2.05, 4.69) is 15.1 Å². The van der Waals surface area contributed by atoms with Crippen molar-refractivity contribution in [1.82, 2.24) is 10.2 Å². The second kappa shape index (κ2) is 5.94. The molecule has 1 saturated heterocycles. The van der Waals surface area contributed by atoms with Gasteiger partial charge < -0.3 is 14.9 Å². The standard InChI is InChI=1S/C15H15F3N4O/c16-15(17,18)13-4-5-14(20-19-13)22-8-6-21(7-9-22)11-2-1-3-12(23)10-11/h1-5,10,23H,6-9H2. The van der Waals surface area contributed by atoms with Gasteiger partial charge in [0.2, 0.25) is 0 Å². The molecule has 0 unspecified atom stereocenters. The third-order valence-electron chi connectivity index (χ3n) is 3.74. The van der Waals surface area contributed by atoms with Crippen LogP contribution in [0.3, 0.4) is 0 Å². The molecule has 0 atom stereocenters. The van der Waals surface area contributed by atoms with Crippen LogP contribution in [-0.4, -0.2) is 41.5 Å². The number of hydrogen-bond acceptors (Lipinski definition) is 5. The van der Waals surface area contributed by atoms with E-state index < -0.39 is 11.9 Å². The van der Waals surface area contributed by atoms with Crippen molar-refractivity contribution in [1.29, 1.82) is 0 Å². The second-order valence-corrected chi connectivity index (χ2v) is 5.27. The fourth-order valence-corrected chi connectivity index (χ4v) is 2.53. The molecule has 8 heteroatoms. The van der Waals surface area contributed by atoms with E-state index in [9.17, 15) is 18.3 Å². The molecule has 1 fully saturated rings. The van der Waals surface area contributed by atoms with E-state index in [1.165, 1.54) is 6.07 Å². The Balaban J connectivity index is 1.65. The van der Waals surface area contributed by atoms with Crippen LogP contribution >= 0.6 is 0 Å². The fraction of sp³-hybridized carbons (Fsp3) is 0.333. The van der Waals surface area contributed by atoms with Crippen molar-refractivity contribution >= 4 is 11.5 Å². The highest BCUT2D eigenvalue weighted by atomic mass is 19.4. The minimum absolute atomic E-state index is 0.207. The Kier molecular flexibility index (Phi) is 3.97. The molecule has 0 aliphatic carbocycles. The summed E-state index contributed by atoms with van der Waals surface area (Å²) >= 11 is 0. The van der Waals surface area contributed by atoms with Gasteiger partial charge >= 0.3 is 6.18 Å². The van der Waals surface area contributed by atoms with Gasteiger partial charge in [0.25, 0.3) is 0 Å². The average Bonchev–Trinajstić information content (AvgIpc) is 2.54. The van der Waals surface area contributed by atoms with Crippen LogP contribution in [0.2, 0.25) is 0 Å². The normalized spacial score (nSPS) is 15.8. The maximum Gasteiger partial charge on any atom is 0.435 e. The Morgan fingerprint density at radius 3 is 2.17 bits per heavy atom. The molecule has 1 aliphatic heterocycles. The van der Waals surface area contributed by atoms with Crippen molar-refractivity contribution in [2.75, 3.05) is 36.0 Å². The summed E-state index contributed by atoms with van der Waals surface area (Å²) in [4.78, 5) is 4.00. The number of piperazine rings is 1. The number of halogens is 3. The zero-order valence-electron chi connectivity index (χ0n) is 12.2. The van der Waals surface area contributed by atoms with Gasteiger partial charge in [0.15, 0.2) is 11.5 Å². The third-order valence-corrected chi connectivity index (χ3v) is 3.74. The first kappa shape index (κ1) is 15.4. The number of aromatic hydroxyl groups is 1. The van der Waals surface area contributed by atoms with Crippen LogP contribution in [0.25, 0.3) is 0 Å². The second-order valence-electron chi connectivity index (χ2n) is 5.27. The first-order valence-corrected chi connectivity index (χ1v) is 7.13. The molecule has 1 N–H and O–H groups in total. The number of alkyl halides is 3. The summed E-state index contributed by atoms with van der Waals surface area (Å²) in [5.74, 6) is 0.645. The minimum atomic E-state index is -4.47. The van der Waals surface area contributed by atoms with Crippen LogP contribution in [0.5, 0.6) is 5.75 Å². The number of phenols is 1. The number of aromatic nitrogens is 2. The Bertz CT molecular complexity index is 667. The summed E-state index contributed by atoms with van der Waals surface area (Å²) < 4.78 is 37.5. The molecule has 0 spiro atoms. The Morgan fingerprint density at radius 1 is 0.913 bits per heavy atom. The van der Waals surface area contributed by atoms with Gasteiger partial charge in [-0.1, -0.05) is 6.07 Å². The van der Waals surface area contributed by atoms with Crippen LogP contribution in [0, 0.1) is 0 Å². The molecule has 3 rings (SSSR count). The molecular weight excluding hydrogens is 309 g/mol. The Hall–Kier alpha value is -2.51. The van der Waals surface area contributed by atoms with E-state index in [-0.39, 0.29) is 5.75 Å². The first-order chi connectivity index (χ1) is 10.9. The maximum atomic E-state index is 12.5. The molecule has 122 valence electrons. The smallest absolute Gasteiger partial charge is 0.435 e. The molecule has 0 saturated carbocycles. The quantitative estimate of drug-likeness (QED) is 0.920. The highest BCUT2D eigenvalue weighted by Crippen LogP contribution is 2.28. The monoisotopic (exact) mass is 324 g/mol. The van der Waals surface area contributed by atoms with E-state index in [1.54, 1.807) is 18.2 Å². The molecule has 1 aliphatic rings. The van der Waals surface area contributed by atoms with E-state index in [1.807, 2.05) is 11.0 Å². The minimum Gasteiger partial charge on any atom is -0.508 e. The van der Waals surface area contributed by atoms with Crippen LogP contribution < -0.4 is 9.80 Å². The van der Waals surface area contributed by atoms with Crippen molar-refractivity contribution in [2.45, 2.75) is 6.18 Å². The Morgan fingerprint density at radius 2 is 1.61 bits per heavy atom. The lowest BCUT2D eigenvalue weighted by atomic mass is 10.2. The molecule has 0 radical (unpaired) electrons. The Labute approximate surface area is 131 Å². The SMILES string of the molecule is Oc1cccc(N2CCN(c3ccc(C(F)(F)F)nn3)CC2)c1. The molecule has 0 amide bonds. The number of phenolic OH excluding ortho intramolecular Hbond substituents is 1. The van der Waals surface area contributed by atoms with Gasteiger partial charge in [-0.3, -0.25) is 0 Å². The van der Waals surface area contributed by atoms with Crippen molar-refractivity contribution in [3.8, 4) is 5.75 Å². The molecule has 2 heterocycles. The predicted octanol–water partition coefficient (Wildman–Crippen LogP) is 2.53. The van der Waals surface area contributed by atoms with Crippen LogP contribution in [0.1, 0.15) is 5.69 Å². The number of nitrogens with zero attached hydrogens (tertiary/aromatic N) is 4. The number of rotatable bonds is 2. The third kappa shape index (κ3) is 3.46. The lowest BCUT2D eigenvalue weighted by Crippen LogP contribution is -2.46. The number of anilines is 2. The molecular formula is C15H15F3N4O. The highest BCUT2D eigenvalue weighted by Gasteiger charge is 2.33. The van der Waals surface area contributed by atoms with Gasteiger partial charge in [-0.05, 0) is 24.3 Å². The van der Waals surface area contributed by atoms with Gasteiger partial charge in [-0.25, -0.2) is 0 Å². The topological polar surface area (TPSA) is 52.5 Å². The molecule has 0 bridgehead atoms. The van der Waals surface area contributed by atoms with Gasteiger partial charge in [-0.2, -0.15) is 13.2 Å². The zero-order valence-corrected chi connectivity index (χ0v) is 12.2. The molecule has 23 heavy (non-hydrogen) atoms. The van der Waals surface area contributed by atoms with E-state index in [0.717, 1.165) is 11.8 Å². The zero-order chi connectivity index (χ0) is 16.4.